The summed E-state index contributed by atoms with van der Waals surface area (Å²) in [6.45, 7) is 0. The molecule has 0 bridgehead atoms. The van der Waals surface area contributed by atoms with Gasteiger partial charge in [-0.2, -0.15) is 0 Å². The van der Waals surface area contributed by atoms with Crippen LogP contribution in [0.5, 0.6) is 0 Å². The highest BCUT2D eigenvalue weighted by atomic mass is 32.2. The second-order valence-corrected chi connectivity index (χ2v) is 5.33. The van der Waals surface area contributed by atoms with Gasteiger partial charge in [0.25, 0.3) is 0 Å². The van der Waals surface area contributed by atoms with E-state index in [0.29, 0.717) is 16.5 Å². The topological polar surface area (TPSA) is 32.9 Å². The van der Waals surface area contributed by atoms with Gasteiger partial charge in [0, 0.05) is 33.1 Å². The predicted molar refractivity (Wildman–Crippen MR) is 79.9 cm³/mol. The first-order valence-electron chi connectivity index (χ1n) is 6.14. The molecule has 0 saturated heterocycles. The normalized spacial score (nSPS) is 10.9. The Bertz CT molecular complexity index is 777. The summed E-state index contributed by atoms with van der Waals surface area (Å²) in [6.07, 6.45) is 3.62. The minimum absolute atomic E-state index is 0.102. The summed E-state index contributed by atoms with van der Waals surface area (Å²) in [6, 6.07) is 11.8. The number of hydrogen-bond donors (Lipinski definition) is 1. The highest BCUT2D eigenvalue weighted by Crippen LogP contribution is 2.23. The summed E-state index contributed by atoms with van der Waals surface area (Å²) in [5, 5.41) is 0.615. The Morgan fingerprint density at radius 1 is 1.15 bits per heavy atom. The van der Waals surface area contributed by atoms with Crippen molar-refractivity contribution in [3.05, 3.63) is 65.6 Å². The predicted octanol–water partition coefficient (Wildman–Crippen LogP) is 4.26. The molecule has 1 N–H and O–H groups in total. The summed E-state index contributed by atoms with van der Waals surface area (Å²) in [5.41, 5.74) is 1.86. The molecule has 20 heavy (non-hydrogen) atoms. The smallest absolute Gasteiger partial charge is 0.195 e. The molecule has 0 amide bonds. The van der Waals surface area contributed by atoms with Crippen LogP contribution in [-0.4, -0.2) is 17.0 Å². The molecule has 0 spiro atoms. The maximum Gasteiger partial charge on any atom is 0.195 e. The summed E-state index contributed by atoms with van der Waals surface area (Å²) in [7, 11) is 0. The van der Waals surface area contributed by atoms with Gasteiger partial charge in [0.1, 0.15) is 5.82 Å². The van der Waals surface area contributed by atoms with Crippen molar-refractivity contribution in [3.8, 4) is 0 Å². The quantitative estimate of drug-likeness (QED) is 0.576. The van der Waals surface area contributed by atoms with E-state index >= 15 is 0 Å². The standard InChI is InChI=1S/C16H12FNOS/c1-20-12-5-2-10(3-6-12)16(19)14-9-18-15-7-4-11(17)8-13(14)15/h2-9,18H,1H3. The Morgan fingerprint density at radius 3 is 2.60 bits per heavy atom. The van der Waals surface area contributed by atoms with Crippen molar-refractivity contribution < 1.29 is 9.18 Å². The zero-order valence-electron chi connectivity index (χ0n) is 10.8. The van der Waals surface area contributed by atoms with Gasteiger partial charge in [0.15, 0.2) is 5.78 Å². The highest BCUT2D eigenvalue weighted by Gasteiger charge is 2.14. The molecule has 0 radical (unpaired) electrons. The number of H-pyrrole nitrogens is 1. The van der Waals surface area contributed by atoms with Crippen LogP contribution in [0.1, 0.15) is 15.9 Å². The van der Waals surface area contributed by atoms with E-state index in [1.165, 1.54) is 12.1 Å². The number of rotatable bonds is 3. The van der Waals surface area contributed by atoms with E-state index in [-0.39, 0.29) is 11.6 Å². The van der Waals surface area contributed by atoms with E-state index in [1.807, 2.05) is 18.4 Å². The maximum absolute atomic E-state index is 13.3. The van der Waals surface area contributed by atoms with Crippen molar-refractivity contribution in [3.63, 3.8) is 0 Å². The third-order valence-electron chi connectivity index (χ3n) is 3.24. The van der Waals surface area contributed by atoms with E-state index in [4.69, 9.17) is 0 Å². The molecular weight excluding hydrogens is 273 g/mol. The molecule has 0 saturated carbocycles. The lowest BCUT2D eigenvalue weighted by atomic mass is 10.0. The van der Waals surface area contributed by atoms with Crippen LogP contribution in [0.4, 0.5) is 4.39 Å². The number of benzene rings is 2. The molecule has 0 aliphatic carbocycles. The number of halogens is 1. The molecular formula is C16H12FNOS. The largest absolute Gasteiger partial charge is 0.360 e. The van der Waals surface area contributed by atoms with Crippen molar-refractivity contribution in [2.45, 2.75) is 4.90 Å². The molecule has 100 valence electrons. The molecule has 0 fully saturated rings. The monoisotopic (exact) mass is 285 g/mol. The fraction of sp³-hybridized carbons (Fsp3) is 0.0625. The first-order valence-corrected chi connectivity index (χ1v) is 7.37. The van der Waals surface area contributed by atoms with Crippen molar-refractivity contribution in [1.82, 2.24) is 4.98 Å². The van der Waals surface area contributed by atoms with Gasteiger partial charge in [-0.05, 0) is 48.7 Å². The third-order valence-corrected chi connectivity index (χ3v) is 3.98. The summed E-state index contributed by atoms with van der Waals surface area (Å²) in [5.74, 6) is -0.446. The second-order valence-electron chi connectivity index (χ2n) is 4.45. The lowest BCUT2D eigenvalue weighted by Gasteiger charge is -2.01. The van der Waals surface area contributed by atoms with Gasteiger partial charge < -0.3 is 4.98 Å². The Balaban J connectivity index is 2.05. The molecule has 1 heterocycles. The fourth-order valence-electron chi connectivity index (χ4n) is 2.18. The average molecular weight is 285 g/mol. The minimum Gasteiger partial charge on any atom is -0.360 e. The molecule has 3 aromatic rings. The van der Waals surface area contributed by atoms with E-state index in [1.54, 1.807) is 36.2 Å². The first-order chi connectivity index (χ1) is 9.69. The first kappa shape index (κ1) is 12.9. The van der Waals surface area contributed by atoms with Crippen LogP contribution in [-0.2, 0) is 0 Å². The number of aromatic nitrogens is 1. The Labute approximate surface area is 120 Å². The summed E-state index contributed by atoms with van der Waals surface area (Å²) < 4.78 is 13.3. The summed E-state index contributed by atoms with van der Waals surface area (Å²) in [4.78, 5) is 16.6. The molecule has 0 aliphatic heterocycles. The molecule has 1 aromatic heterocycles. The number of ketones is 1. The third kappa shape index (κ3) is 2.23. The highest BCUT2D eigenvalue weighted by molar-refractivity contribution is 7.98. The molecule has 0 aliphatic rings. The van der Waals surface area contributed by atoms with Crippen LogP contribution in [0, 0.1) is 5.82 Å². The lowest BCUT2D eigenvalue weighted by molar-refractivity contribution is 0.104. The summed E-state index contributed by atoms with van der Waals surface area (Å²) >= 11 is 1.62. The zero-order chi connectivity index (χ0) is 14.1. The van der Waals surface area contributed by atoms with Gasteiger partial charge >= 0.3 is 0 Å². The number of nitrogens with one attached hydrogen (secondary N) is 1. The van der Waals surface area contributed by atoms with Gasteiger partial charge in [0.2, 0.25) is 0 Å². The van der Waals surface area contributed by atoms with Crippen LogP contribution >= 0.6 is 11.8 Å². The Kier molecular flexibility index (Phi) is 3.32. The Hall–Kier alpha value is -2.07. The second kappa shape index (κ2) is 5.13. The number of thioether (sulfide) groups is 1. The van der Waals surface area contributed by atoms with Crippen molar-refractivity contribution >= 4 is 28.4 Å². The zero-order valence-corrected chi connectivity index (χ0v) is 11.6. The van der Waals surface area contributed by atoms with Crippen molar-refractivity contribution in [1.29, 1.82) is 0 Å². The SMILES string of the molecule is CSc1ccc(C(=O)c2c[nH]c3ccc(F)cc23)cc1. The van der Waals surface area contributed by atoms with Crippen LogP contribution in [0.25, 0.3) is 10.9 Å². The molecule has 2 nitrogen and oxygen atoms in total. The van der Waals surface area contributed by atoms with Crippen molar-refractivity contribution in [2.75, 3.05) is 6.26 Å². The van der Waals surface area contributed by atoms with Gasteiger partial charge in [-0.15, -0.1) is 11.8 Å². The molecule has 0 unspecified atom stereocenters. The number of aromatic amines is 1. The van der Waals surface area contributed by atoms with E-state index in [0.717, 1.165) is 10.4 Å². The molecule has 4 heteroatoms. The number of hydrogen-bond acceptors (Lipinski definition) is 2. The number of carbonyl (C=O) groups is 1. The lowest BCUT2D eigenvalue weighted by Crippen LogP contribution is -2.00. The number of carbonyl (C=O) groups excluding carboxylic acids is 1. The van der Waals surface area contributed by atoms with Crippen LogP contribution in [0.3, 0.4) is 0 Å². The average Bonchev–Trinajstić information content (AvgIpc) is 2.89. The van der Waals surface area contributed by atoms with Crippen molar-refractivity contribution in [2.24, 2.45) is 0 Å². The van der Waals surface area contributed by atoms with E-state index in [2.05, 4.69) is 4.98 Å². The Morgan fingerprint density at radius 2 is 1.90 bits per heavy atom. The number of fused-ring (bicyclic) bond motifs is 1. The van der Waals surface area contributed by atoms with Gasteiger partial charge in [-0.3, -0.25) is 4.79 Å². The van der Waals surface area contributed by atoms with Gasteiger partial charge in [-0.25, -0.2) is 4.39 Å². The molecule has 0 atom stereocenters. The van der Waals surface area contributed by atoms with E-state index in [9.17, 15) is 9.18 Å². The van der Waals surface area contributed by atoms with Gasteiger partial charge in [0.05, 0.1) is 0 Å². The molecule has 2 aromatic carbocycles. The van der Waals surface area contributed by atoms with Crippen LogP contribution in [0.2, 0.25) is 0 Å². The minimum atomic E-state index is -0.344. The van der Waals surface area contributed by atoms with Crippen LogP contribution < -0.4 is 0 Å². The van der Waals surface area contributed by atoms with Crippen LogP contribution in [0.15, 0.2) is 53.6 Å². The maximum atomic E-state index is 13.3. The van der Waals surface area contributed by atoms with Gasteiger partial charge in [-0.1, -0.05) is 0 Å². The fourth-order valence-corrected chi connectivity index (χ4v) is 2.59. The van der Waals surface area contributed by atoms with E-state index < -0.39 is 0 Å². The molecule has 3 rings (SSSR count).